The summed E-state index contributed by atoms with van der Waals surface area (Å²) in [5, 5.41) is 5.39. The maximum atomic E-state index is 11.7. The maximum Gasteiger partial charge on any atom is 0.234 e. The smallest absolute Gasteiger partial charge is 0.234 e. The van der Waals surface area contributed by atoms with Gasteiger partial charge in [0.25, 0.3) is 0 Å². The topological polar surface area (TPSA) is 61.4 Å². The molecule has 0 saturated carbocycles. The quantitative estimate of drug-likeness (QED) is 0.731. The van der Waals surface area contributed by atoms with Gasteiger partial charge in [0.1, 0.15) is 0 Å². The van der Waals surface area contributed by atoms with Crippen molar-refractivity contribution in [1.82, 2.24) is 15.5 Å². The second-order valence-electron chi connectivity index (χ2n) is 4.60. The van der Waals surface area contributed by atoms with Crippen molar-refractivity contribution in [3.05, 3.63) is 34.3 Å². The summed E-state index contributed by atoms with van der Waals surface area (Å²) in [6, 6.07) is 7.94. The monoisotopic (exact) mass is 341 g/mol. The lowest BCUT2D eigenvalue weighted by atomic mass is 10.2. The van der Waals surface area contributed by atoms with Gasteiger partial charge in [-0.2, -0.15) is 0 Å². The van der Waals surface area contributed by atoms with Crippen LogP contribution in [0.2, 0.25) is 0 Å². The van der Waals surface area contributed by atoms with Gasteiger partial charge in [-0.25, -0.2) is 0 Å². The number of carbonyl (C=O) groups is 2. The summed E-state index contributed by atoms with van der Waals surface area (Å²) >= 11 is 3.49. The summed E-state index contributed by atoms with van der Waals surface area (Å²) in [6.07, 6.45) is 0. The molecule has 20 heavy (non-hydrogen) atoms. The standard InChI is InChI=1S/C14H20BrN3O2/c1-11(19)16-7-8-17-14(20)10-18(2)9-12-5-3-4-6-13(12)15/h3-6H,7-10H2,1-2H3,(H,16,19)(H,17,20). The number of benzene rings is 1. The zero-order valence-corrected chi connectivity index (χ0v) is 13.4. The molecular weight excluding hydrogens is 322 g/mol. The highest BCUT2D eigenvalue weighted by Crippen LogP contribution is 2.16. The van der Waals surface area contributed by atoms with Gasteiger partial charge in [0.15, 0.2) is 0 Å². The van der Waals surface area contributed by atoms with E-state index < -0.39 is 0 Å². The van der Waals surface area contributed by atoms with Crippen LogP contribution in [0.25, 0.3) is 0 Å². The molecule has 1 rings (SSSR count). The third kappa shape index (κ3) is 6.68. The van der Waals surface area contributed by atoms with Crippen LogP contribution in [0, 0.1) is 0 Å². The van der Waals surface area contributed by atoms with Crippen LogP contribution in [0.4, 0.5) is 0 Å². The third-order valence-corrected chi connectivity index (χ3v) is 3.41. The summed E-state index contributed by atoms with van der Waals surface area (Å²) < 4.78 is 1.04. The van der Waals surface area contributed by atoms with Gasteiger partial charge in [-0.3, -0.25) is 14.5 Å². The number of rotatable bonds is 7. The predicted molar refractivity (Wildman–Crippen MR) is 82.2 cm³/mol. The lowest BCUT2D eigenvalue weighted by Gasteiger charge is -2.17. The molecule has 110 valence electrons. The van der Waals surface area contributed by atoms with Crippen molar-refractivity contribution < 1.29 is 9.59 Å². The van der Waals surface area contributed by atoms with Crippen molar-refractivity contribution in [1.29, 1.82) is 0 Å². The minimum absolute atomic E-state index is 0.0510. The molecule has 0 bridgehead atoms. The number of halogens is 1. The van der Waals surface area contributed by atoms with Crippen LogP contribution >= 0.6 is 15.9 Å². The number of amides is 2. The largest absolute Gasteiger partial charge is 0.355 e. The first-order chi connectivity index (χ1) is 9.49. The minimum Gasteiger partial charge on any atom is -0.355 e. The fourth-order valence-corrected chi connectivity index (χ4v) is 2.12. The zero-order valence-electron chi connectivity index (χ0n) is 11.8. The second kappa shape index (κ2) is 8.71. The van der Waals surface area contributed by atoms with E-state index in [4.69, 9.17) is 0 Å². The SMILES string of the molecule is CC(=O)NCCNC(=O)CN(C)Cc1ccccc1Br. The van der Waals surface area contributed by atoms with Crippen molar-refractivity contribution in [3.8, 4) is 0 Å². The van der Waals surface area contributed by atoms with Crippen LogP contribution in [0.3, 0.4) is 0 Å². The van der Waals surface area contributed by atoms with E-state index in [-0.39, 0.29) is 11.8 Å². The molecule has 2 amide bonds. The molecular formula is C14H20BrN3O2. The lowest BCUT2D eigenvalue weighted by molar-refractivity contribution is -0.122. The first-order valence-corrected chi connectivity index (χ1v) is 7.21. The fourth-order valence-electron chi connectivity index (χ4n) is 1.71. The minimum atomic E-state index is -0.0923. The first kappa shape index (κ1) is 16.7. The second-order valence-corrected chi connectivity index (χ2v) is 5.45. The van der Waals surface area contributed by atoms with Crippen molar-refractivity contribution in [3.63, 3.8) is 0 Å². The van der Waals surface area contributed by atoms with Crippen LogP contribution < -0.4 is 10.6 Å². The fraction of sp³-hybridized carbons (Fsp3) is 0.429. The van der Waals surface area contributed by atoms with E-state index >= 15 is 0 Å². The van der Waals surface area contributed by atoms with Crippen molar-refractivity contribution >= 4 is 27.7 Å². The van der Waals surface area contributed by atoms with Gasteiger partial charge in [0.2, 0.25) is 11.8 Å². The number of nitrogens with one attached hydrogen (secondary N) is 2. The van der Waals surface area contributed by atoms with Gasteiger partial charge in [-0.15, -0.1) is 0 Å². The summed E-state index contributed by atoms with van der Waals surface area (Å²) in [5.41, 5.74) is 1.14. The molecule has 0 spiro atoms. The van der Waals surface area contributed by atoms with Crippen molar-refractivity contribution in [2.45, 2.75) is 13.5 Å². The molecule has 0 saturated heterocycles. The summed E-state index contributed by atoms with van der Waals surface area (Å²) in [5.74, 6) is -0.143. The Kier molecular flexibility index (Phi) is 7.25. The van der Waals surface area contributed by atoms with E-state index in [1.54, 1.807) is 0 Å². The van der Waals surface area contributed by atoms with E-state index in [0.717, 1.165) is 10.0 Å². The molecule has 0 aliphatic heterocycles. The van der Waals surface area contributed by atoms with Gasteiger partial charge in [0, 0.05) is 31.0 Å². The lowest BCUT2D eigenvalue weighted by Crippen LogP contribution is -2.39. The average Bonchev–Trinajstić information content (AvgIpc) is 2.37. The van der Waals surface area contributed by atoms with Gasteiger partial charge in [0.05, 0.1) is 6.54 Å². The van der Waals surface area contributed by atoms with Crippen molar-refractivity contribution in [2.24, 2.45) is 0 Å². The molecule has 0 aromatic heterocycles. The zero-order chi connectivity index (χ0) is 15.0. The highest BCUT2D eigenvalue weighted by Gasteiger charge is 2.08. The summed E-state index contributed by atoms with van der Waals surface area (Å²) in [4.78, 5) is 24.3. The molecule has 1 aromatic carbocycles. The van der Waals surface area contributed by atoms with E-state index in [0.29, 0.717) is 26.2 Å². The van der Waals surface area contributed by atoms with E-state index in [1.807, 2.05) is 36.2 Å². The molecule has 2 N–H and O–H groups in total. The maximum absolute atomic E-state index is 11.7. The third-order valence-electron chi connectivity index (χ3n) is 2.63. The molecule has 0 aliphatic carbocycles. The van der Waals surface area contributed by atoms with Crippen molar-refractivity contribution in [2.75, 3.05) is 26.7 Å². The summed E-state index contributed by atoms with van der Waals surface area (Å²) in [6.45, 7) is 3.37. The average molecular weight is 342 g/mol. The molecule has 1 aromatic rings. The van der Waals surface area contributed by atoms with E-state index in [1.165, 1.54) is 6.92 Å². The van der Waals surface area contributed by atoms with E-state index in [2.05, 4.69) is 26.6 Å². The highest BCUT2D eigenvalue weighted by atomic mass is 79.9. The highest BCUT2D eigenvalue weighted by molar-refractivity contribution is 9.10. The van der Waals surface area contributed by atoms with Gasteiger partial charge < -0.3 is 10.6 Å². The number of carbonyl (C=O) groups excluding carboxylic acids is 2. The Labute approximate surface area is 127 Å². The first-order valence-electron chi connectivity index (χ1n) is 6.42. The molecule has 0 heterocycles. The molecule has 6 heteroatoms. The number of hydrogen-bond acceptors (Lipinski definition) is 3. The molecule has 0 unspecified atom stereocenters. The van der Waals surface area contributed by atoms with Crippen LogP contribution in [0.1, 0.15) is 12.5 Å². The molecule has 0 radical (unpaired) electrons. The normalized spacial score (nSPS) is 10.4. The van der Waals surface area contributed by atoms with Gasteiger partial charge >= 0.3 is 0 Å². The molecule has 5 nitrogen and oxygen atoms in total. The Morgan fingerprint density at radius 3 is 2.50 bits per heavy atom. The predicted octanol–water partition coefficient (Wildman–Crippen LogP) is 1.13. The van der Waals surface area contributed by atoms with E-state index in [9.17, 15) is 9.59 Å². The van der Waals surface area contributed by atoms with Crippen LogP contribution in [0.15, 0.2) is 28.7 Å². The van der Waals surface area contributed by atoms with Gasteiger partial charge in [-0.1, -0.05) is 34.1 Å². The van der Waals surface area contributed by atoms with Crippen LogP contribution in [-0.4, -0.2) is 43.4 Å². The Balaban J connectivity index is 2.28. The number of likely N-dealkylation sites (N-methyl/N-ethyl adjacent to an activating group) is 1. The Bertz CT molecular complexity index is 465. The van der Waals surface area contributed by atoms with Crippen LogP contribution in [-0.2, 0) is 16.1 Å². The Hall–Kier alpha value is -1.40. The number of hydrogen-bond donors (Lipinski definition) is 2. The Morgan fingerprint density at radius 1 is 1.20 bits per heavy atom. The number of nitrogens with zero attached hydrogens (tertiary/aromatic N) is 1. The van der Waals surface area contributed by atoms with Crippen LogP contribution in [0.5, 0.6) is 0 Å². The van der Waals surface area contributed by atoms with Gasteiger partial charge in [-0.05, 0) is 18.7 Å². The molecule has 0 fully saturated rings. The Morgan fingerprint density at radius 2 is 1.85 bits per heavy atom. The molecule has 0 aliphatic rings. The molecule has 0 atom stereocenters. The summed E-state index contributed by atoms with van der Waals surface area (Å²) in [7, 11) is 1.90.